The first kappa shape index (κ1) is 13.3. The predicted octanol–water partition coefficient (Wildman–Crippen LogP) is 1.62. The van der Waals surface area contributed by atoms with Gasteiger partial charge in [-0.25, -0.2) is 4.79 Å². The van der Waals surface area contributed by atoms with E-state index in [1.54, 1.807) is 13.2 Å². The molecule has 1 rings (SSSR count). The van der Waals surface area contributed by atoms with Crippen molar-refractivity contribution in [1.82, 2.24) is 0 Å². The predicted molar refractivity (Wildman–Crippen MR) is 66.4 cm³/mol. The second kappa shape index (κ2) is 6.75. The first-order valence-corrected chi connectivity index (χ1v) is 5.42. The highest BCUT2D eigenvalue weighted by molar-refractivity contribution is 5.87. The smallest absolute Gasteiger partial charge is 0.413 e. The van der Waals surface area contributed by atoms with Gasteiger partial charge < -0.3 is 15.2 Å². The number of amides is 1. The second-order valence-electron chi connectivity index (χ2n) is 3.47. The molecule has 1 aromatic carbocycles. The van der Waals surface area contributed by atoms with Crippen molar-refractivity contribution in [3.05, 3.63) is 24.3 Å². The lowest BCUT2D eigenvalue weighted by Crippen LogP contribution is -2.32. The summed E-state index contributed by atoms with van der Waals surface area (Å²) < 4.78 is 9.86. The third-order valence-corrected chi connectivity index (χ3v) is 2.35. The van der Waals surface area contributed by atoms with Gasteiger partial charge in [0.25, 0.3) is 0 Å². The number of carbonyl (C=O) groups excluding carboxylic acids is 1. The molecule has 5 heteroatoms. The summed E-state index contributed by atoms with van der Waals surface area (Å²) in [5.74, 6) is 0.698. The molecular formula is C12H18N2O3. The third-order valence-electron chi connectivity index (χ3n) is 2.35. The highest BCUT2D eigenvalue weighted by Gasteiger charge is 2.15. The molecule has 1 aromatic rings. The Hall–Kier alpha value is -1.75. The molecule has 0 saturated carbocycles. The summed E-state index contributed by atoms with van der Waals surface area (Å²) in [6.07, 6.45) is 0.318. The zero-order chi connectivity index (χ0) is 12.7. The summed E-state index contributed by atoms with van der Waals surface area (Å²) >= 11 is 0. The van der Waals surface area contributed by atoms with E-state index in [4.69, 9.17) is 15.2 Å². The number of benzene rings is 1. The van der Waals surface area contributed by atoms with Gasteiger partial charge >= 0.3 is 6.09 Å². The minimum absolute atomic E-state index is 0.397. The van der Waals surface area contributed by atoms with Crippen LogP contribution in [0.4, 0.5) is 10.5 Å². The topological polar surface area (TPSA) is 64.8 Å². The molecule has 0 heterocycles. The highest BCUT2D eigenvalue weighted by Crippen LogP contribution is 2.21. The van der Waals surface area contributed by atoms with E-state index in [-0.39, 0.29) is 0 Å². The number of hydrogen-bond acceptors (Lipinski definition) is 4. The molecule has 1 amide bonds. The van der Waals surface area contributed by atoms with Crippen LogP contribution in [0.2, 0.25) is 0 Å². The van der Waals surface area contributed by atoms with Gasteiger partial charge in [-0.15, -0.1) is 0 Å². The lowest BCUT2D eigenvalue weighted by Gasteiger charge is -2.21. The average Bonchev–Trinajstić information content (AvgIpc) is 2.39. The molecular weight excluding hydrogens is 220 g/mol. The number of nitrogens with two attached hydrogens (primary N) is 1. The average molecular weight is 238 g/mol. The van der Waals surface area contributed by atoms with E-state index in [0.29, 0.717) is 25.3 Å². The molecule has 0 aliphatic carbocycles. The van der Waals surface area contributed by atoms with E-state index >= 15 is 0 Å². The largest absolute Gasteiger partial charge is 0.497 e. The van der Waals surface area contributed by atoms with Crippen molar-refractivity contribution in [1.29, 1.82) is 0 Å². The minimum atomic E-state index is -0.397. The first-order chi connectivity index (χ1) is 8.22. The van der Waals surface area contributed by atoms with Crippen molar-refractivity contribution in [3.63, 3.8) is 0 Å². The van der Waals surface area contributed by atoms with E-state index in [0.717, 1.165) is 5.69 Å². The highest BCUT2D eigenvalue weighted by atomic mass is 16.5. The normalized spacial score (nSPS) is 9.82. The van der Waals surface area contributed by atoms with Crippen LogP contribution in [0.15, 0.2) is 24.3 Å². The Labute approximate surface area is 101 Å². The van der Waals surface area contributed by atoms with Gasteiger partial charge in [0.05, 0.1) is 19.9 Å². The van der Waals surface area contributed by atoms with Gasteiger partial charge in [0.1, 0.15) is 5.75 Å². The van der Waals surface area contributed by atoms with Crippen molar-refractivity contribution < 1.29 is 14.3 Å². The fraction of sp³-hybridized carbons (Fsp3) is 0.417. The molecule has 0 aromatic heterocycles. The van der Waals surface area contributed by atoms with Gasteiger partial charge in [-0.05, 0) is 25.1 Å². The molecule has 0 radical (unpaired) electrons. The Morgan fingerprint density at radius 1 is 1.41 bits per heavy atom. The zero-order valence-corrected chi connectivity index (χ0v) is 10.2. The summed E-state index contributed by atoms with van der Waals surface area (Å²) in [7, 11) is 2.94. The van der Waals surface area contributed by atoms with Crippen LogP contribution in [0.3, 0.4) is 0 Å². The fourth-order valence-electron chi connectivity index (χ4n) is 1.46. The maximum Gasteiger partial charge on any atom is 0.413 e. The molecule has 0 saturated heterocycles. The van der Waals surface area contributed by atoms with Crippen LogP contribution in [0.25, 0.3) is 0 Å². The third kappa shape index (κ3) is 3.64. The molecule has 94 valence electrons. The monoisotopic (exact) mass is 238 g/mol. The number of ether oxygens (including phenoxy) is 2. The number of hydrogen-bond donors (Lipinski definition) is 1. The Kier molecular flexibility index (Phi) is 5.29. The van der Waals surface area contributed by atoms with Gasteiger partial charge in [0.15, 0.2) is 0 Å². The van der Waals surface area contributed by atoms with Crippen LogP contribution in [0.1, 0.15) is 6.42 Å². The summed E-state index contributed by atoms with van der Waals surface area (Å²) in [5, 5.41) is 0. The molecule has 2 N–H and O–H groups in total. The Balaban J connectivity index is 2.90. The lowest BCUT2D eigenvalue weighted by molar-refractivity contribution is 0.178. The van der Waals surface area contributed by atoms with Crippen LogP contribution in [0.5, 0.6) is 5.75 Å². The Morgan fingerprint density at radius 2 is 2.18 bits per heavy atom. The van der Waals surface area contributed by atoms with E-state index in [1.165, 1.54) is 12.0 Å². The van der Waals surface area contributed by atoms with Crippen LogP contribution >= 0.6 is 0 Å². The number of carbonyl (C=O) groups is 1. The van der Waals surface area contributed by atoms with Crippen LogP contribution < -0.4 is 15.4 Å². The minimum Gasteiger partial charge on any atom is -0.497 e. The summed E-state index contributed by atoms with van der Waals surface area (Å²) in [6, 6.07) is 7.26. The molecule has 17 heavy (non-hydrogen) atoms. The first-order valence-electron chi connectivity index (χ1n) is 5.42. The summed E-state index contributed by atoms with van der Waals surface area (Å²) in [4.78, 5) is 13.2. The maximum atomic E-state index is 11.6. The molecule has 0 spiro atoms. The van der Waals surface area contributed by atoms with Gasteiger partial charge in [-0.3, -0.25) is 4.90 Å². The van der Waals surface area contributed by atoms with Gasteiger partial charge in [-0.2, -0.15) is 0 Å². The molecule has 5 nitrogen and oxygen atoms in total. The molecule has 0 aliphatic rings. The Morgan fingerprint density at radius 3 is 2.76 bits per heavy atom. The SMILES string of the molecule is COC(=O)N(CCCN)c1cccc(OC)c1. The van der Waals surface area contributed by atoms with E-state index in [2.05, 4.69) is 0 Å². The molecule has 0 aliphatic heterocycles. The van der Waals surface area contributed by atoms with E-state index < -0.39 is 6.09 Å². The summed E-state index contributed by atoms with van der Waals surface area (Å²) in [5.41, 5.74) is 6.19. The zero-order valence-electron chi connectivity index (χ0n) is 10.2. The van der Waals surface area contributed by atoms with Gasteiger partial charge in [-0.1, -0.05) is 6.07 Å². The van der Waals surface area contributed by atoms with Crippen molar-refractivity contribution in [2.75, 3.05) is 32.2 Å². The fourth-order valence-corrected chi connectivity index (χ4v) is 1.46. The quantitative estimate of drug-likeness (QED) is 0.846. The number of anilines is 1. The van der Waals surface area contributed by atoms with Crippen molar-refractivity contribution in [3.8, 4) is 5.75 Å². The van der Waals surface area contributed by atoms with Crippen molar-refractivity contribution in [2.45, 2.75) is 6.42 Å². The number of methoxy groups -OCH3 is 2. The molecule has 0 bridgehead atoms. The second-order valence-corrected chi connectivity index (χ2v) is 3.47. The van der Waals surface area contributed by atoms with Gasteiger partial charge in [0, 0.05) is 12.6 Å². The van der Waals surface area contributed by atoms with E-state index in [9.17, 15) is 4.79 Å². The molecule has 0 fully saturated rings. The van der Waals surface area contributed by atoms with Crippen LogP contribution in [-0.4, -0.2) is 33.4 Å². The number of nitrogens with zero attached hydrogens (tertiary/aromatic N) is 1. The van der Waals surface area contributed by atoms with E-state index in [1.807, 2.05) is 18.2 Å². The van der Waals surface area contributed by atoms with Crippen molar-refractivity contribution >= 4 is 11.8 Å². The van der Waals surface area contributed by atoms with Crippen LogP contribution in [0, 0.1) is 0 Å². The van der Waals surface area contributed by atoms with Crippen molar-refractivity contribution in [2.24, 2.45) is 5.73 Å². The van der Waals surface area contributed by atoms with Gasteiger partial charge in [0.2, 0.25) is 0 Å². The summed E-state index contributed by atoms with van der Waals surface area (Å²) in [6.45, 7) is 1.05. The molecule has 0 atom stereocenters. The maximum absolute atomic E-state index is 11.6. The standard InChI is InChI=1S/C12H18N2O3/c1-16-11-6-3-5-10(9-11)14(8-4-7-13)12(15)17-2/h3,5-6,9H,4,7-8,13H2,1-2H3. The Bertz CT molecular complexity index is 369. The van der Waals surface area contributed by atoms with Crippen LogP contribution in [-0.2, 0) is 4.74 Å². The lowest BCUT2D eigenvalue weighted by atomic mass is 10.2. The molecule has 0 unspecified atom stereocenters. The number of rotatable bonds is 5.